The van der Waals surface area contributed by atoms with Crippen LogP contribution in [-0.2, 0) is 32.0 Å². The summed E-state index contributed by atoms with van der Waals surface area (Å²) in [7, 11) is 0. The Morgan fingerprint density at radius 3 is 2.53 bits per heavy atom. The largest absolute Gasteiger partial charge is 0.491 e. The number of rotatable bonds is 14. The first kappa shape index (κ1) is 34.1. The number of alkyl halides is 3. The molecule has 9 nitrogen and oxygen atoms in total. The molecule has 0 atom stereocenters. The number of nitrogens with one attached hydrogen (secondary N) is 2. The number of ether oxygens (including phenoxy) is 3. The van der Waals surface area contributed by atoms with Crippen LogP contribution < -0.4 is 20.1 Å². The molecular weight excluding hydrogens is 605 g/mol. The van der Waals surface area contributed by atoms with E-state index in [1.807, 2.05) is 4.90 Å². The van der Waals surface area contributed by atoms with Crippen LogP contribution in [0, 0.1) is 11.6 Å². The molecule has 2 N–H and O–H groups in total. The van der Waals surface area contributed by atoms with Crippen molar-refractivity contribution in [3.8, 4) is 11.5 Å². The molecule has 2 amide bonds. The fraction of sp³-hybridized carbons (Fsp3) is 0.516. The Morgan fingerprint density at radius 1 is 1.00 bits per heavy atom. The number of carbonyl (C=O) groups is 3. The molecule has 1 heterocycles. The number of benzene rings is 2. The quantitative estimate of drug-likeness (QED) is 0.133. The summed E-state index contributed by atoms with van der Waals surface area (Å²) in [6, 6.07) is 6.74. The van der Waals surface area contributed by atoms with Gasteiger partial charge in [-0.1, -0.05) is 37.5 Å². The van der Waals surface area contributed by atoms with Crippen molar-refractivity contribution >= 4 is 23.5 Å². The number of hydrogen-bond donors (Lipinski definition) is 2. The topological polar surface area (TPSA) is 106 Å². The molecule has 0 spiro atoms. The minimum Gasteiger partial charge on any atom is -0.481 e. The fourth-order valence-corrected chi connectivity index (χ4v) is 5.42. The lowest BCUT2D eigenvalue weighted by atomic mass is 9.94. The molecule has 1 aliphatic heterocycles. The molecule has 14 heteroatoms. The zero-order chi connectivity index (χ0) is 32.4. The highest BCUT2D eigenvalue weighted by Crippen LogP contribution is 2.40. The molecule has 2 aliphatic rings. The molecular formula is C31H36F5N3O6. The monoisotopic (exact) mass is 641 g/mol. The molecule has 1 fully saturated rings. The second-order valence-electron chi connectivity index (χ2n) is 10.9. The normalized spacial score (nSPS) is 15.2. The van der Waals surface area contributed by atoms with Crippen molar-refractivity contribution in [3.63, 3.8) is 0 Å². The van der Waals surface area contributed by atoms with Crippen LogP contribution in [0.2, 0.25) is 0 Å². The van der Waals surface area contributed by atoms with E-state index >= 15 is 0 Å². The number of halogens is 5. The van der Waals surface area contributed by atoms with Gasteiger partial charge in [-0.25, -0.2) is 13.6 Å². The van der Waals surface area contributed by atoms with Gasteiger partial charge in [0.15, 0.2) is 29.7 Å². The highest BCUT2D eigenvalue weighted by molar-refractivity contribution is 5.98. The van der Waals surface area contributed by atoms with Crippen molar-refractivity contribution < 1.29 is 50.5 Å². The fourth-order valence-electron chi connectivity index (χ4n) is 5.42. The molecule has 2 aromatic rings. The summed E-state index contributed by atoms with van der Waals surface area (Å²) in [4.78, 5) is 38.2. The van der Waals surface area contributed by atoms with E-state index in [9.17, 15) is 36.3 Å². The maximum Gasteiger partial charge on any atom is 0.491 e. The third kappa shape index (κ3) is 9.60. The Kier molecular flexibility index (Phi) is 12.1. The third-order valence-corrected chi connectivity index (χ3v) is 7.69. The minimum absolute atomic E-state index is 0.0529. The molecule has 45 heavy (non-hydrogen) atoms. The smallest absolute Gasteiger partial charge is 0.481 e. The van der Waals surface area contributed by atoms with Gasteiger partial charge in [-0.3, -0.25) is 9.59 Å². The van der Waals surface area contributed by atoms with Crippen LogP contribution in [0.15, 0.2) is 30.3 Å². The van der Waals surface area contributed by atoms with Crippen LogP contribution in [0.5, 0.6) is 11.5 Å². The molecule has 2 aromatic carbocycles. The van der Waals surface area contributed by atoms with Gasteiger partial charge in [-0.2, -0.15) is 13.2 Å². The number of anilines is 1. The lowest BCUT2D eigenvalue weighted by Crippen LogP contribution is -2.45. The predicted octanol–water partition coefficient (Wildman–Crippen LogP) is 4.71. The van der Waals surface area contributed by atoms with Crippen LogP contribution in [0.1, 0.15) is 49.7 Å². The van der Waals surface area contributed by atoms with Gasteiger partial charge in [0.2, 0.25) is 5.91 Å². The van der Waals surface area contributed by atoms with Gasteiger partial charge in [-0.05, 0) is 55.5 Å². The van der Waals surface area contributed by atoms with Crippen LogP contribution in [0.25, 0.3) is 0 Å². The van der Waals surface area contributed by atoms with Gasteiger partial charge in [0, 0.05) is 19.1 Å². The average Bonchev–Trinajstić information content (AvgIpc) is 3.01. The summed E-state index contributed by atoms with van der Waals surface area (Å²) in [5.41, 5.74) is 0.660. The van der Waals surface area contributed by atoms with Crippen LogP contribution in [0.3, 0.4) is 0 Å². The summed E-state index contributed by atoms with van der Waals surface area (Å²) in [5, 5.41) is 5.69. The van der Waals surface area contributed by atoms with Gasteiger partial charge in [-0.15, -0.1) is 0 Å². The standard InChI is InChI=1S/C31H36F5N3O6/c32-23-8-4-5-20(27(23)33)12-17-43-18-13-26(41)39(22-6-2-1-3-7-22)16-15-37-14-11-21-9-10-24(45-30(42)31(34,35)36)28-29(21)44-19-25(40)38-28/h4-5,8-10,22,37H,1-3,6-7,11-19H2,(H,38,40). The van der Waals surface area contributed by atoms with E-state index in [1.165, 1.54) is 24.3 Å². The number of carbonyl (C=O) groups excluding carboxylic acids is 3. The Morgan fingerprint density at radius 2 is 1.78 bits per heavy atom. The number of esters is 1. The molecule has 1 saturated carbocycles. The highest BCUT2D eigenvalue weighted by atomic mass is 19.4. The summed E-state index contributed by atoms with van der Waals surface area (Å²) in [6.07, 6.45) is 0.526. The van der Waals surface area contributed by atoms with Gasteiger partial charge in [0.25, 0.3) is 5.91 Å². The van der Waals surface area contributed by atoms with E-state index in [4.69, 9.17) is 9.47 Å². The average molecular weight is 642 g/mol. The molecule has 0 radical (unpaired) electrons. The number of amides is 2. The second kappa shape index (κ2) is 16.0. The van der Waals surface area contributed by atoms with Crippen molar-refractivity contribution in [2.24, 2.45) is 0 Å². The van der Waals surface area contributed by atoms with Crippen molar-refractivity contribution in [3.05, 3.63) is 53.1 Å². The molecule has 1 aliphatic carbocycles. The van der Waals surface area contributed by atoms with E-state index in [0.717, 1.165) is 38.2 Å². The van der Waals surface area contributed by atoms with Gasteiger partial charge < -0.3 is 29.7 Å². The van der Waals surface area contributed by atoms with Crippen LogP contribution >= 0.6 is 0 Å². The van der Waals surface area contributed by atoms with E-state index in [1.54, 1.807) is 0 Å². The van der Waals surface area contributed by atoms with Crippen molar-refractivity contribution in [1.82, 2.24) is 10.2 Å². The lowest BCUT2D eigenvalue weighted by Gasteiger charge is -2.34. The van der Waals surface area contributed by atoms with E-state index in [0.29, 0.717) is 31.6 Å². The Hall–Kier alpha value is -3.78. The molecule has 0 bridgehead atoms. The van der Waals surface area contributed by atoms with E-state index in [2.05, 4.69) is 15.4 Å². The number of nitrogens with zero attached hydrogens (tertiary/aromatic N) is 1. The van der Waals surface area contributed by atoms with Crippen molar-refractivity contribution in [1.29, 1.82) is 0 Å². The first-order valence-corrected chi connectivity index (χ1v) is 14.9. The summed E-state index contributed by atoms with van der Waals surface area (Å²) >= 11 is 0. The van der Waals surface area contributed by atoms with E-state index < -0.39 is 35.4 Å². The molecule has 0 unspecified atom stereocenters. The number of fused-ring (bicyclic) bond motifs is 1. The minimum atomic E-state index is -5.21. The lowest BCUT2D eigenvalue weighted by molar-refractivity contribution is -0.189. The zero-order valence-corrected chi connectivity index (χ0v) is 24.7. The van der Waals surface area contributed by atoms with Gasteiger partial charge in [0.1, 0.15) is 5.69 Å². The SMILES string of the molecule is O=C1COc2c(CCNCCN(C(=O)CCOCCc3cccc(F)c3F)C3CCCCC3)ccc(OC(=O)C(F)(F)F)c2N1. The van der Waals surface area contributed by atoms with Gasteiger partial charge in [0.05, 0.1) is 19.6 Å². The first-order chi connectivity index (χ1) is 21.5. The van der Waals surface area contributed by atoms with Crippen molar-refractivity contribution in [2.75, 3.05) is 44.8 Å². The van der Waals surface area contributed by atoms with Crippen LogP contribution in [-0.4, -0.2) is 74.4 Å². The maximum absolute atomic E-state index is 13.8. The predicted molar refractivity (Wildman–Crippen MR) is 153 cm³/mol. The summed E-state index contributed by atoms with van der Waals surface area (Å²) in [5.74, 6) is -5.21. The second-order valence-corrected chi connectivity index (χ2v) is 10.9. The Bertz CT molecular complexity index is 1350. The zero-order valence-electron chi connectivity index (χ0n) is 24.7. The van der Waals surface area contributed by atoms with Crippen LogP contribution in [0.4, 0.5) is 27.6 Å². The van der Waals surface area contributed by atoms with Crippen molar-refractivity contribution in [2.45, 2.75) is 63.6 Å². The molecule has 0 aromatic heterocycles. The highest BCUT2D eigenvalue weighted by Gasteiger charge is 2.42. The molecule has 246 valence electrons. The maximum atomic E-state index is 13.8. The Labute approximate surface area is 257 Å². The third-order valence-electron chi connectivity index (χ3n) is 7.69. The van der Waals surface area contributed by atoms with E-state index in [-0.39, 0.29) is 61.6 Å². The summed E-state index contributed by atoms with van der Waals surface area (Å²) < 4.78 is 80.8. The number of hydrogen-bond acceptors (Lipinski definition) is 7. The molecule has 4 rings (SSSR count). The summed E-state index contributed by atoms with van der Waals surface area (Å²) in [6.45, 7) is 1.33. The molecule has 0 saturated heterocycles. The first-order valence-electron chi connectivity index (χ1n) is 14.9. The van der Waals surface area contributed by atoms with Gasteiger partial charge >= 0.3 is 12.1 Å². The Balaban J connectivity index is 1.27.